The van der Waals surface area contributed by atoms with E-state index in [4.69, 9.17) is 0 Å². The van der Waals surface area contributed by atoms with Gasteiger partial charge in [-0.1, -0.05) is 12.1 Å². The summed E-state index contributed by atoms with van der Waals surface area (Å²) in [4.78, 5) is 14.4. The van der Waals surface area contributed by atoms with Gasteiger partial charge in [0.2, 0.25) is 0 Å². The number of rotatable bonds is 3. The van der Waals surface area contributed by atoms with Gasteiger partial charge in [-0.25, -0.2) is 4.39 Å². The number of likely N-dealkylation sites (tertiary alicyclic amines) is 1. The number of aromatic nitrogens is 2. The van der Waals surface area contributed by atoms with Crippen molar-refractivity contribution < 1.29 is 14.3 Å². The maximum atomic E-state index is 13.1. The van der Waals surface area contributed by atoms with Crippen LogP contribution in [0, 0.1) is 5.82 Å². The summed E-state index contributed by atoms with van der Waals surface area (Å²) >= 11 is 0. The Morgan fingerprint density at radius 3 is 2.61 bits per heavy atom. The Bertz CT molecular complexity index is 696. The molecule has 0 aliphatic carbocycles. The van der Waals surface area contributed by atoms with Gasteiger partial charge in [0.05, 0.1) is 12.1 Å². The van der Waals surface area contributed by atoms with Gasteiger partial charge in [0.15, 0.2) is 0 Å². The molecule has 1 aliphatic heterocycles. The molecule has 23 heavy (non-hydrogen) atoms. The zero-order valence-corrected chi connectivity index (χ0v) is 13.2. The van der Waals surface area contributed by atoms with Gasteiger partial charge >= 0.3 is 0 Å². The first-order chi connectivity index (χ1) is 11.0. The SMILES string of the molecule is CC(C)n1ccc(C(=O)N2C[C@H](O)C[C@@H]2c2ccc(F)cc2)n1. The van der Waals surface area contributed by atoms with Gasteiger partial charge in [-0.3, -0.25) is 9.48 Å². The first kappa shape index (κ1) is 15.7. The van der Waals surface area contributed by atoms with E-state index < -0.39 is 6.10 Å². The van der Waals surface area contributed by atoms with Gasteiger partial charge in [-0.2, -0.15) is 5.10 Å². The molecular formula is C17H20FN3O2. The van der Waals surface area contributed by atoms with Gasteiger partial charge in [-0.05, 0) is 44.0 Å². The minimum atomic E-state index is -0.582. The van der Waals surface area contributed by atoms with Crippen LogP contribution >= 0.6 is 0 Å². The Labute approximate surface area is 134 Å². The van der Waals surface area contributed by atoms with Crippen LogP contribution in [0.3, 0.4) is 0 Å². The molecule has 1 N–H and O–H groups in total. The van der Waals surface area contributed by atoms with E-state index in [0.29, 0.717) is 12.1 Å². The van der Waals surface area contributed by atoms with Crippen molar-refractivity contribution in [3.8, 4) is 0 Å². The number of aliphatic hydroxyl groups is 1. The Morgan fingerprint density at radius 1 is 1.30 bits per heavy atom. The van der Waals surface area contributed by atoms with E-state index in [1.165, 1.54) is 12.1 Å². The van der Waals surface area contributed by atoms with E-state index in [0.717, 1.165) is 5.56 Å². The number of halogens is 1. The largest absolute Gasteiger partial charge is 0.391 e. The summed E-state index contributed by atoms with van der Waals surface area (Å²) in [7, 11) is 0. The predicted molar refractivity (Wildman–Crippen MR) is 83.4 cm³/mol. The van der Waals surface area contributed by atoms with Gasteiger partial charge in [-0.15, -0.1) is 0 Å². The molecule has 0 unspecified atom stereocenters. The van der Waals surface area contributed by atoms with Crippen LogP contribution in [0.15, 0.2) is 36.5 Å². The second kappa shape index (κ2) is 6.12. The average molecular weight is 317 g/mol. The Kier molecular flexibility index (Phi) is 4.17. The molecule has 2 aromatic rings. The van der Waals surface area contributed by atoms with E-state index in [9.17, 15) is 14.3 Å². The molecule has 1 aromatic carbocycles. The monoisotopic (exact) mass is 317 g/mol. The lowest BCUT2D eigenvalue weighted by molar-refractivity contribution is 0.0708. The lowest BCUT2D eigenvalue weighted by atomic mass is 10.0. The quantitative estimate of drug-likeness (QED) is 0.946. The molecule has 1 aromatic heterocycles. The van der Waals surface area contributed by atoms with Crippen molar-refractivity contribution in [3.63, 3.8) is 0 Å². The molecule has 0 saturated carbocycles. The van der Waals surface area contributed by atoms with E-state index >= 15 is 0 Å². The van der Waals surface area contributed by atoms with Crippen LogP contribution < -0.4 is 0 Å². The van der Waals surface area contributed by atoms with Gasteiger partial charge in [0.1, 0.15) is 11.5 Å². The summed E-state index contributed by atoms with van der Waals surface area (Å²) in [6, 6.07) is 7.66. The smallest absolute Gasteiger partial charge is 0.274 e. The number of nitrogens with zero attached hydrogens (tertiary/aromatic N) is 3. The fourth-order valence-corrected chi connectivity index (χ4v) is 2.93. The first-order valence-corrected chi connectivity index (χ1v) is 7.75. The first-order valence-electron chi connectivity index (χ1n) is 7.75. The molecule has 2 atom stereocenters. The Morgan fingerprint density at radius 2 is 2.00 bits per heavy atom. The third-order valence-corrected chi connectivity index (χ3v) is 4.15. The molecule has 5 nitrogen and oxygen atoms in total. The maximum Gasteiger partial charge on any atom is 0.274 e. The molecule has 3 rings (SSSR count). The zero-order chi connectivity index (χ0) is 16.6. The van der Waals surface area contributed by atoms with Crippen molar-refractivity contribution in [2.75, 3.05) is 6.54 Å². The normalized spacial score (nSPS) is 21.2. The molecule has 0 spiro atoms. The molecule has 1 fully saturated rings. The van der Waals surface area contributed by atoms with Crippen LogP contribution in [0.25, 0.3) is 0 Å². The minimum Gasteiger partial charge on any atom is -0.391 e. The molecule has 122 valence electrons. The van der Waals surface area contributed by atoms with Crippen LogP contribution in [0.5, 0.6) is 0 Å². The van der Waals surface area contributed by atoms with Crippen LogP contribution in [0.4, 0.5) is 4.39 Å². The number of β-amino-alcohol motifs (C(OH)–C–C–N with tert-alkyl or cyclic N) is 1. The number of carbonyl (C=O) groups is 1. The van der Waals surface area contributed by atoms with Crippen LogP contribution in [-0.4, -0.2) is 38.3 Å². The van der Waals surface area contributed by atoms with Crippen LogP contribution in [0.1, 0.15) is 48.4 Å². The Balaban J connectivity index is 1.86. The number of carbonyl (C=O) groups excluding carboxylic acids is 1. The van der Waals surface area contributed by atoms with Gasteiger partial charge in [0.25, 0.3) is 5.91 Å². The lowest BCUT2D eigenvalue weighted by Crippen LogP contribution is -2.32. The zero-order valence-electron chi connectivity index (χ0n) is 13.2. The van der Waals surface area contributed by atoms with E-state index in [1.54, 1.807) is 34.0 Å². The third kappa shape index (κ3) is 3.12. The average Bonchev–Trinajstić information content (AvgIpc) is 3.14. The fourth-order valence-electron chi connectivity index (χ4n) is 2.93. The van der Waals surface area contributed by atoms with Crippen molar-refractivity contribution in [1.82, 2.24) is 14.7 Å². The second-order valence-corrected chi connectivity index (χ2v) is 6.19. The summed E-state index contributed by atoms with van der Waals surface area (Å²) in [5.41, 5.74) is 1.18. The summed E-state index contributed by atoms with van der Waals surface area (Å²) < 4.78 is 14.8. The van der Waals surface area contributed by atoms with Gasteiger partial charge < -0.3 is 10.0 Å². The Hall–Kier alpha value is -2.21. The van der Waals surface area contributed by atoms with E-state index in [-0.39, 0.29) is 30.4 Å². The molecule has 2 heterocycles. The predicted octanol–water partition coefficient (Wildman–Crippen LogP) is 2.55. The highest BCUT2D eigenvalue weighted by molar-refractivity contribution is 5.92. The van der Waals surface area contributed by atoms with E-state index in [2.05, 4.69) is 5.10 Å². The van der Waals surface area contributed by atoms with E-state index in [1.807, 2.05) is 13.8 Å². The van der Waals surface area contributed by atoms with Crippen LogP contribution in [0.2, 0.25) is 0 Å². The van der Waals surface area contributed by atoms with Gasteiger partial charge in [0, 0.05) is 18.8 Å². The highest BCUT2D eigenvalue weighted by Crippen LogP contribution is 2.33. The number of amides is 1. The summed E-state index contributed by atoms with van der Waals surface area (Å²) in [5, 5.41) is 14.3. The fraction of sp³-hybridized carbons (Fsp3) is 0.412. The third-order valence-electron chi connectivity index (χ3n) is 4.15. The number of benzene rings is 1. The van der Waals surface area contributed by atoms with Crippen molar-refractivity contribution in [2.45, 2.75) is 38.5 Å². The standard InChI is InChI=1S/C17H20FN3O2/c1-11(2)21-8-7-15(19-21)17(23)20-10-14(22)9-16(20)12-3-5-13(18)6-4-12/h3-8,11,14,16,22H,9-10H2,1-2H3/t14-,16-/m1/s1. The molecule has 1 amide bonds. The molecular weight excluding hydrogens is 297 g/mol. The van der Waals surface area contributed by atoms with Crippen molar-refractivity contribution in [3.05, 3.63) is 53.6 Å². The lowest BCUT2D eigenvalue weighted by Gasteiger charge is -2.24. The molecule has 1 aliphatic rings. The topological polar surface area (TPSA) is 58.4 Å². The number of aliphatic hydroxyl groups excluding tert-OH is 1. The van der Waals surface area contributed by atoms with Crippen molar-refractivity contribution >= 4 is 5.91 Å². The van der Waals surface area contributed by atoms with Crippen molar-refractivity contribution in [2.24, 2.45) is 0 Å². The summed E-state index contributed by atoms with van der Waals surface area (Å²) in [6.45, 7) is 4.24. The highest BCUT2D eigenvalue weighted by Gasteiger charge is 2.36. The number of hydrogen-bond donors (Lipinski definition) is 1. The summed E-state index contributed by atoms with van der Waals surface area (Å²) in [6.07, 6.45) is 1.64. The minimum absolute atomic E-state index is 0.175. The highest BCUT2D eigenvalue weighted by atomic mass is 19.1. The second-order valence-electron chi connectivity index (χ2n) is 6.19. The molecule has 0 radical (unpaired) electrons. The van der Waals surface area contributed by atoms with Crippen molar-refractivity contribution in [1.29, 1.82) is 0 Å². The molecule has 0 bridgehead atoms. The molecule has 6 heteroatoms. The number of hydrogen-bond acceptors (Lipinski definition) is 3. The maximum absolute atomic E-state index is 13.1. The summed E-state index contributed by atoms with van der Waals surface area (Å²) in [5.74, 6) is -0.531. The van der Waals surface area contributed by atoms with Crippen LogP contribution in [-0.2, 0) is 0 Å². The molecule has 1 saturated heterocycles.